The lowest BCUT2D eigenvalue weighted by Gasteiger charge is -2.08. The molecule has 30 heavy (non-hydrogen) atoms. The molecule has 0 spiro atoms. The fourth-order valence-corrected chi connectivity index (χ4v) is 2.06. The first-order chi connectivity index (χ1) is 14.7. The average molecular weight is 408 g/mol. The molecule has 0 bridgehead atoms. The third kappa shape index (κ3) is 10.8. The van der Waals surface area contributed by atoms with Crippen LogP contribution in [-0.4, -0.2) is 17.2 Å². The lowest BCUT2D eigenvalue weighted by atomic mass is 10.1. The molecule has 0 aliphatic rings. The maximum absolute atomic E-state index is 8.98. The van der Waals surface area contributed by atoms with Gasteiger partial charge < -0.3 is 14.6 Å². The number of hydrogen-bond acceptors (Lipinski definition) is 4. The second kappa shape index (κ2) is 17.7. The van der Waals surface area contributed by atoms with E-state index in [0.717, 1.165) is 28.3 Å². The van der Waals surface area contributed by atoms with Crippen molar-refractivity contribution in [2.75, 3.05) is 7.11 Å². The molecule has 0 aliphatic carbocycles. The number of aromatic nitrogens is 1. The van der Waals surface area contributed by atoms with Crippen LogP contribution in [0.2, 0.25) is 0 Å². The van der Waals surface area contributed by atoms with Crippen LogP contribution in [0.1, 0.15) is 36.4 Å². The molecule has 1 aromatic carbocycles. The van der Waals surface area contributed by atoms with Gasteiger partial charge in [-0.3, -0.25) is 0 Å². The van der Waals surface area contributed by atoms with Gasteiger partial charge in [-0.1, -0.05) is 76.1 Å². The van der Waals surface area contributed by atoms with Gasteiger partial charge >= 0.3 is 0 Å². The zero-order valence-corrected chi connectivity index (χ0v) is 18.3. The van der Waals surface area contributed by atoms with Gasteiger partial charge in [0.15, 0.2) is 0 Å². The van der Waals surface area contributed by atoms with Crippen LogP contribution in [-0.2, 0) is 18.0 Å². The number of rotatable bonds is 9. The topological polar surface area (TPSA) is 51.6 Å². The second-order valence-corrected chi connectivity index (χ2v) is 5.46. The monoisotopic (exact) mass is 407 g/mol. The smallest absolute Gasteiger partial charge is 0.130 e. The van der Waals surface area contributed by atoms with Gasteiger partial charge in [0.2, 0.25) is 0 Å². The third-order valence-electron chi connectivity index (χ3n) is 3.49. The molecule has 4 heteroatoms. The first-order valence-corrected chi connectivity index (χ1v) is 9.72. The summed E-state index contributed by atoms with van der Waals surface area (Å²) in [5.74, 6) is 0.747. The quantitative estimate of drug-likeness (QED) is 0.388. The molecule has 0 saturated heterocycles. The van der Waals surface area contributed by atoms with Crippen molar-refractivity contribution in [2.45, 2.75) is 27.1 Å². The molecule has 4 nitrogen and oxygen atoms in total. The number of aliphatic hydroxyl groups is 1. The van der Waals surface area contributed by atoms with Gasteiger partial charge in [-0.2, -0.15) is 0 Å². The first kappa shape index (κ1) is 26.6. The van der Waals surface area contributed by atoms with Crippen molar-refractivity contribution >= 4 is 12.2 Å². The summed E-state index contributed by atoms with van der Waals surface area (Å²) in [6.45, 7) is 15.4. The van der Waals surface area contributed by atoms with E-state index in [1.165, 1.54) is 0 Å². The van der Waals surface area contributed by atoms with Gasteiger partial charge in [0, 0.05) is 0 Å². The molecule has 160 valence electrons. The Hall–Kier alpha value is -3.37. The van der Waals surface area contributed by atoms with Gasteiger partial charge in [0.1, 0.15) is 12.4 Å². The maximum Gasteiger partial charge on any atom is 0.130 e. The lowest BCUT2D eigenvalue weighted by molar-refractivity contribution is 0.280. The van der Waals surface area contributed by atoms with Crippen LogP contribution >= 0.6 is 0 Å². The Morgan fingerprint density at radius 3 is 2.17 bits per heavy atom. The van der Waals surface area contributed by atoms with E-state index in [-0.39, 0.29) is 6.61 Å². The highest BCUT2D eigenvalue weighted by Gasteiger charge is 2.02. The number of hydrogen-bond donors (Lipinski definition) is 1. The molecule has 0 aliphatic heterocycles. The largest absolute Gasteiger partial charge is 0.504 e. The number of allylic oxidation sites excluding steroid dienone is 4. The van der Waals surface area contributed by atoms with Crippen LogP contribution in [0.4, 0.5) is 0 Å². The van der Waals surface area contributed by atoms with Crippen LogP contribution in [0.25, 0.3) is 12.2 Å². The van der Waals surface area contributed by atoms with Crippen molar-refractivity contribution in [2.24, 2.45) is 0 Å². The maximum atomic E-state index is 8.98. The summed E-state index contributed by atoms with van der Waals surface area (Å²) in [5, 5.41) is 8.98. The Kier molecular flexibility index (Phi) is 15.7. The van der Waals surface area contributed by atoms with Crippen molar-refractivity contribution in [3.63, 3.8) is 0 Å². The fraction of sp³-hybridized carbons (Fsp3) is 0.192. The summed E-state index contributed by atoms with van der Waals surface area (Å²) in [7, 11) is 1.61. The van der Waals surface area contributed by atoms with E-state index in [9.17, 15) is 0 Å². The van der Waals surface area contributed by atoms with Gasteiger partial charge in [-0.15, -0.1) is 0 Å². The van der Waals surface area contributed by atoms with Crippen molar-refractivity contribution in [1.29, 1.82) is 0 Å². The van der Waals surface area contributed by atoms with Crippen LogP contribution < -0.4 is 4.74 Å². The molecule has 0 saturated carbocycles. The molecule has 2 aromatic rings. The van der Waals surface area contributed by atoms with Crippen molar-refractivity contribution < 1.29 is 14.6 Å². The summed E-state index contributed by atoms with van der Waals surface area (Å²) < 4.78 is 10.3. The van der Waals surface area contributed by atoms with Crippen LogP contribution in [0.15, 0.2) is 86.7 Å². The summed E-state index contributed by atoms with van der Waals surface area (Å²) in [6, 6.07) is 11.2. The number of nitrogens with zero attached hydrogens (tertiary/aromatic N) is 1. The number of pyridine rings is 1. The minimum absolute atomic E-state index is 0.0353. The van der Waals surface area contributed by atoms with E-state index < -0.39 is 0 Å². The summed E-state index contributed by atoms with van der Waals surface area (Å²) in [4.78, 5) is 4.46. The van der Waals surface area contributed by atoms with Gasteiger partial charge in [0.05, 0.1) is 31.4 Å². The highest BCUT2D eigenvalue weighted by atomic mass is 16.5. The number of methoxy groups -OCH3 is 1. The highest BCUT2D eigenvalue weighted by Crippen LogP contribution is 2.15. The molecule has 0 radical (unpaired) electrons. The van der Waals surface area contributed by atoms with Crippen LogP contribution in [0.3, 0.4) is 0 Å². The molecule has 0 amide bonds. The number of benzene rings is 1. The number of aliphatic hydroxyl groups excluding tert-OH is 1. The van der Waals surface area contributed by atoms with Crippen LogP contribution in [0.5, 0.6) is 5.75 Å². The molecular weight excluding hydrogens is 374 g/mol. The van der Waals surface area contributed by atoms with E-state index in [2.05, 4.69) is 29.5 Å². The molecule has 1 aromatic heterocycles. The Bertz CT molecular complexity index is 806. The first-order valence-electron chi connectivity index (χ1n) is 9.72. The summed E-state index contributed by atoms with van der Waals surface area (Å²) in [5.41, 5.74) is 3.45. The Morgan fingerprint density at radius 2 is 1.63 bits per heavy atom. The molecule has 0 fully saturated rings. The van der Waals surface area contributed by atoms with E-state index in [1.807, 2.05) is 62.4 Å². The minimum Gasteiger partial charge on any atom is -0.504 e. The molecule has 2 rings (SSSR count). The zero-order chi connectivity index (χ0) is 22.6. The molecule has 0 atom stereocenters. The van der Waals surface area contributed by atoms with E-state index in [0.29, 0.717) is 6.61 Å². The summed E-state index contributed by atoms with van der Waals surface area (Å²) in [6.07, 6.45) is 12.2. The molecule has 1 N–H and O–H groups in total. The van der Waals surface area contributed by atoms with Crippen LogP contribution in [0, 0.1) is 0 Å². The van der Waals surface area contributed by atoms with Gasteiger partial charge in [0.25, 0.3) is 0 Å². The second-order valence-electron chi connectivity index (χ2n) is 5.46. The fourth-order valence-electron chi connectivity index (χ4n) is 2.06. The minimum atomic E-state index is 0.0353. The molecule has 0 unspecified atom stereocenters. The van der Waals surface area contributed by atoms with E-state index >= 15 is 0 Å². The Morgan fingerprint density at radius 1 is 0.933 bits per heavy atom. The normalized spacial score (nSPS) is 9.73. The Balaban J connectivity index is 0.000000712. The number of ether oxygens (including phenoxy) is 2. The molecule has 1 heterocycles. The molecular formula is C26H33NO3. The standard InChI is InChI=1S/C17H17NO2.C7H10O.C2H6/c1-3-14-7-8-15(18-17(14)4-2)12-20-16-9-5-13(11-19)6-10-16;1-3-4-5-6-7-8-2;1-2/h3-10,19H,1-2,11-12H2;3-7H,1H2,2H3;1-2H3/b;5-4-,7-6+;. The van der Waals surface area contributed by atoms with Crippen molar-refractivity contribution in [3.8, 4) is 5.75 Å². The average Bonchev–Trinajstić information content (AvgIpc) is 2.82. The van der Waals surface area contributed by atoms with Gasteiger partial charge in [-0.25, -0.2) is 4.98 Å². The van der Waals surface area contributed by atoms with E-state index in [4.69, 9.17) is 9.84 Å². The SMILES string of the molecule is C=C/C=C\C=C\OC.C=Cc1ccc(COc2ccc(CO)cc2)nc1C=C.CC. The van der Waals surface area contributed by atoms with Gasteiger partial charge in [-0.05, 0) is 41.5 Å². The van der Waals surface area contributed by atoms with Crippen molar-refractivity contribution in [3.05, 3.63) is 109 Å². The lowest BCUT2D eigenvalue weighted by Crippen LogP contribution is -2.00. The zero-order valence-electron chi connectivity index (χ0n) is 18.3. The van der Waals surface area contributed by atoms with E-state index in [1.54, 1.807) is 37.7 Å². The predicted molar refractivity (Wildman–Crippen MR) is 128 cm³/mol. The highest BCUT2D eigenvalue weighted by molar-refractivity contribution is 5.60. The van der Waals surface area contributed by atoms with Crippen molar-refractivity contribution in [1.82, 2.24) is 4.98 Å². The third-order valence-corrected chi connectivity index (χ3v) is 3.49. The Labute approximate surface area is 181 Å². The summed E-state index contributed by atoms with van der Waals surface area (Å²) >= 11 is 0. The predicted octanol–water partition coefficient (Wildman–Crippen LogP) is 6.35.